The van der Waals surface area contributed by atoms with Crippen LogP contribution < -0.4 is 5.73 Å². The summed E-state index contributed by atoms with van der Waals surface area (Å²) in [6, 6.07) is 10.9. The highest BCUT2D eigenvalue weighted by molar-refractivity contribution is 9.10. The molecule has 0 amide bonds. The molecule has 0 aliphatic carbocycles. The molecule has 0 aliphatic heterocycles. The van der Waals surface area contributed by atoms with Crippen molar-refractivity contribution in [1.29, 1.82) is 0 Å². The third-order valence-corrected chi connectivity index (χ3v) is 3.78. The number of hydrogen-bond acceptors (Lipinski definition) is 2. The number of hydrogen-bond donors (Lipinski definition) is 1. The number of rotatable bonds is 2. The molecule has 0 heterocycles. The lowest BCUT2D eigenvalue weighted by Gasteiger charge is -2.08. The van der Waals surface area contributed by atoms with Crippen LogP contribution in [0, 0.1) is 13.8 Å². The van der Waals surface area contributed by atoms with Crippen LogP contribution in [0.15, 0.2) is 40.9 Å². The van der Waals surface area contributed by atoms with E-state index in [4.69, 9.17) is 5.73 Å². The predicted molar refractivity (Wildman–Crippen MR) is 77.9 cm³/mol. The van der Waals surface area contributed by atoms with E-state index in [1.54, 1.807) is 24.3 Å². The molecular formula is C15H14BrNO. The molecule has 3 heteroatoms. The quantitative estimate of drug-likeness (QED) is 0.676. The van der Waals surface area contributed by atoms with E-state index in [0.29, 0.717) is 11.3 Å². The van der Waals surface area contributed by atoms with E-state index in [1.165, 1.54) is 0 Å². The predicted octanol–water partition coefficient (Wildman–Crippen LogP) is 3.88. The molecular weight excluding hydrogens is 290 g/mol. The molecule has 0 spiro atoms. The SMILES string of the molecule is Cc1cc(C(=O)c2ccc(N)cc2)c(C)cc1Br. The third-order valence-electron chi connectivity index (χ3n) is 2.92. The monoisotopic (exact) mass is 303 g/mol. The van der Waals surface area contributed by atoms with Crippen molar-refractivity contribution in [2.45, 2.75) is 13.8 Å². The molecule has 0 saturated carbocycles. The van der Waals surface area contributed by atoms with Crippen molar-refractivity contribution in [2.75, 3.05) is 5.73 Å². The molecule has 0 radical (unpaired) electrons. The number of benzene rings is 2. The fraction of sp³-hybridized carbons (Fsp3) is 0.133. The zero-order chi connectivity index (χ0) is 13.3. The zero-order valence-electron chi connectivity index (χ0n) is 10.3. The van der Waals surface area contributed by atoms with E-state index in [1.807, 2.05) is 26.0 Å². The first-order valence-electron chi connectivity index (χ1n) is 5.66. The minimum absolute atomic E-state index is 0.0306. The Bertz CT molecular complexity index is 603. The molecule has 0 atom stereocenters. The number of aryl methyl sites for hydroxylation is 2. The highest BCUT2D eigenvalue weighted by atomic mass is 79.9. The highest BCUT2D eigenvalue weighted by Gasteiger charge is 2.13. The van der Waals surface area contributed by atoms with E-state index >= 15 is 0 Å². The zero-order valence-corrected chi connectivity index (χ0v) is 11.9. The molecule has 0 bridgehead atoms. The van der Waals surface area contributed by atoms with Gasteiger partial charge in [-0.3, -0.25) is 4.79 Å². The molecule has 2 N–H and O–H groups in total. The number of anilines is 1. The Balaban J connectivity index is 2.46. The number of carbonyl (C=O) groups excluding carboxylic acids is 1. The van der Waals surface area contributed by atoms with Crippen molar-refractivity contribution in [1.82, 2.24) is 0 Å². The van der Waals surface area contributed by atoms with Crippen LogP contribution in [0.3, 0.4) is 0 Å². The third kappa shape index (κ3) is 2.46. The Morgan fingerprint density at radius 2 is 1.67 bits per heavy atom. The summed E-state index contributed by atoms with van der Waals surface area (Å²) < 4.78 is 1.02. The molecule has 2 rings (SSSR count). The van der Waals surface area contributed by atoms with Gasteiger partial charge in [-0.25, -0.2) is 0 Å². The Hall–Kier alpha value is -1.61. The van der Waals surface area contributed by atoms with Gasteiger partial charge in [0.2, 0.25) is 0 Å². The first-order valence-corrected chi connectivity index (χ1v) is 6.45. The summed E-state index contributed by atoms with van der Waals surface area (Å²) >= 11 is 3.47. The van der Waals surface area contributed by atoms with Gasteiger partial charge in [-0.2, -0.15) is 0 Å². The number of ketones is 1. The largest absolute Gasteiger partial charge is 0.399 e. The van der Waals surface area contributed by atoms with E-state index in [0.717, 1.165) is 21.2 Å². The fourth-order valence-electron chi connectivity index (χ4n) is 1.82. The van der Waals surface area contributed by atoms with Crippen molar-refractivity contribution >= 4 is 27.4 Å². The maximum absolute atomic E-state index is 12.4. The summed E-state index contributed by atoms with van der Waals surface area (Å²) in [4.78, 5) is 12.4. The number of nitrogen functional groups attached to an aromatic ring is 1. The van der Waals surface area contributed by atoms with Crippen molar-refractivity contribution in [3.05, 3.63) is 63.1 Å². The first-order chi connectivity index (χ1) is 8.49. The van der Waals surface area contributed by atoms with Crippen LogP contribution >= 0.6 is 15.9 Å². The summed E-state index contributed by atoms with van der Waals surface area (Å²) in [6.45, 7) is 3.91. The van der Waals surface area contributed by atoms with Crippen molar-refractivity contribution in [2.24, 2.45) is 0 Å². The van der Waals surface area contributed by atoms with Crippen molar-refractivity contribution in [3.63, 3.8) is 0 Å². The van der Waals surface area contributed by atoms with Gasteiger partial charge in [0, 0.05) is 21.3 Å². The average Bonchev–Trinajstić information content (AvgIpc) is 2.34. The molecule has 0 unspecified atom stereocenters. The van der Waals surface area contributed by atoms with Crippen LogP contribution in [-0.2, 0) is 0 Å². The van der Waals surface area contributed by atoms with Gasteiger partial charge >= 0.3 is 0 Å². The minimum atomic E-state index is 0.0306. The number of carbonyl (C=O) groups is 1. The Morgan fingerprint density at radius 3 is 2.28 bits per heavy atom. The smallest absolute Gasteiger partial charge is 0.193 e. The maximum Gasteiger partial charge on any atom is 0.193 e. The van der Waals surface area contributed by atoms with E-state index in [-0.39, 0.29) is 5.78 Å². The van der Waals surface area contributed by atoms with Gasteiger partial charge < -0.3 is 5.73 Å². The van der Waals surface area contributed by atoms with Gasteiger partial charge in [0.25, 0.3) is 0 Å². The topological polar surface area (TPSA) is 43.1 Å². The second kappa shape index (κ2) is 4.94. The molecule has 2 aromatic rings. The van der Waals surface area contributed by atoms with Gasteiger partial charge in [-0.1, -0.05) is 15.9 Å². The Morgan fingerprint density at radius 1 is 1.06 bits per heavy atom. The van der Waals surface area contributed by atoms with Crippen LogP contribution in [0.4, 0.5) is 5.69 Å². The van der Waals surface area contributed by atoms with Gasteiger partial charge in [-0.15, -0.1) is 0 Å². The maximum atomic E-state index is 12.4. The standard InChI is InChI=1S/C15H14BrNO/c1-9-8-14(16)10(2)7-13(9)15(18)11-3-5-12(17)6-4-11/h3-8H,17H2,1-2H3. The van der Waals surface area contributed by atoms with Gasteiger partial charge in [0.05, 0.1) is 0 Å². The van der Waals surface area contributed by atoms with Crippen LogP contribution in [0.5, 0.6) is 0 Å². The fourth-order valence-corrected chi connectivity index (χ4v) is 2.27. The molecule has 0 aliphatic rings. The van der Waals surface area contributed by atoms with E-state index in [2.05, 4.69) is 15.9 Å². The van der Waals surface area contributed by atoms with Gasteiger partial charge in [0.15, 0.2) is 5.78 Å². The number of halogens is 1. The summed E-state index contributed by atoms with van der Waals surface area (Å²) in [5.74, 6) is 0.0306. The summed E-state index contributed by atoms with van der Waals surface area (Å²) in [5, 5.41) is 0. The lowest BCUT2D eigenvalue weighted by molar-refractivity contribution is 0.103. The molecule has 2 aromatic carbocycles. The van der Waals surface area contributed by atoms with E-state index < -0.39 is 0 Å². The normalized spacial score (nSPS) is 10.4. The molecule has 92 valence electrons. The second-order valence-corrected chi connectivity index (χ2v) is 5.22. The summed E-state index contributed by atoms with van der Waals surface area (Å²) in [7, 11) is 0. The first kappa shape index (κ1) is 12.8. The van der Waals surface area contributed by atoms with Crippen LogP contribution in [0.2, 0.25) is 0 Å². The molecule has 0 saturated heterocycles. The summed E-state index contributed by atoms with van der Waals surface area (Å²) in [5.41, 5.74) is 9.70. The summed E-state index contributed by atoms with van der Waals surface area (Å²) in [6.07, 6.45) is 0. The Labute approximate surface area is 115 Å². The average molecular weight is 304 g/mol. The van der Waals surface area contributed by atoms with E-state index in [9.17, 15) is 4.79 Å². The van der Waals surface area contributed by atoms with Gasteiger partial charge in [-0.05, 0) is 61.4 Å². The lowest BCUT2D eigenvalue weighted by atomic mass is 9.97. The van der Waals surface area contributed by atoms with Gasteiger partial charge in [0.1, 0.15) is 0 Å². The number of nitrogens with two attached hydrogens (primary N) is 1. The van der Waals surface area contributed by atoms with Crippen molar-refractivity contribution < 1.29 is 4.79 Å². The van der Waals surface area contributed by atoms with Crippen molar-refractivity contribution in [3.8, 4) is 0 Å². The van der Waals surface area contributed by atoms with Crippen LogP contribution in [-0.4, -0.2) is 5.78 Å². The lowest BCUT2D eigenvalue weighted by Crippen LogP contribution is -2.04. The molecule has 0 aromatic heterocycles. The molecule has 0 fully saturated rings. The second-order valence-electron chi connectivity index (χ2n) is 4.37. The van der Waals surface area contributed by atoms with Crippen LogP contribution in [0.1, 0.15) is 27.0 Å². The molecule has 18 heavy (non-hydrogen) atoms. The highest BCUT2D eigenvalue weighted by Crippen LogP contribution is 2.23. The minimum Gasteiger partial charge on any atom is -0.399 e. The van der Waals surface area contributed by atoms with Crippen LogP contribution in [0.25, 0.3) is 0 Å². The molecule has 2 nitrogen and oxygen atoms in total. The Kier molecular flexibility index (Phi) is 3.53.